The first-order valence-corrected chi connectivity index (χ1v) is 25.4. The Morgan fingerprint density at radius 2 is 0.949 bits per heavy atom. The predicted molar refractivity (Wildman–Crippen MR) is 244 cm³/mol. The Bertz CT molecular complexity index is 935. The van der Waals surface area contributed by atoms with Crippen molar-refractivity contribution in [3.63, 3.8) is 0 Å². The first-order valence-electron chi connectivity index (χ1n) is 25.4. The Morgan fingerprint density at radius 1 is 0.559 bits per heavy atom. The van der Waals surface area contributed by atoms with Crippen molar-refractivity contribution >= 4 is 5.91 Å². The molecule has 59 heavy (non-hydrogen) atoms. The fourth-order valence-corrected chi connectivity index (χ4v) is 8.27. The molecular weight excluding hydrogens is 743 g/mol. The van der Waals surface area contributed by atoms with Crippen molar-refractivity contribution in [1.82, 2.24) is 5.32 Å². The number of rotatable bonds is 43. The minimum atomic E-state index is -1.55. The van der Waals surface area contributed by atoms with Crippen molar-refractivity contribution in [3.8, 4) is 0 Å². The Kier molecular flexibility index (Phi) is 38.9. The molecule has 0 aromatic rings. The minimum Gasteiger partial charge on any atom is -0.394 e. The molecule has 0 spiro atoms. The van der Waals surface area contributed by atoms with Crippen LogP contribution in [-0.4, -0.2) is 87.5 Å². The van der Waals surface area contributed by atoms with E-state index in [4.69, 9.17) is 9.47 Å². The van der Waals surface area contributed by atoms with E-state index in [2.05, 4.69) is 31.3 Å². The van der Waals surface area contributed by atoms with Crippen LogP contribution in [0.2, 0.25) is 0 Å². The molecule has 7 atom stereocenters. The van der Waals surface area contributed by atoms with E-state index in [1.165, 1.54) is 180 Å². The second-order valence-electron chi connectivity index (χ2n) is 18.0. The maximum atomic E-state index is 13.0. The summed E-state index contributed by atoms with van der Waals surface area (Å²) in [5.41, 5.74) is 0. The third-order valence-electron chi connectivity index (χ3n) is 12.4. The van der Waals surface area contributed by atoms with E-state index in [0.717, 1.165) is 38.5 Å². The number of unbranched alkanes of at least 4 members (excludes halogenated alkanes) is 31. The maximum Gasteiger partial charge on any atom is 0.220 e. The molecule has 0 unspecified atom stereocenters. The molecule has 1 amide bonds. The quantitative estimate of drug-likeness (QED) is 0.0263. The third kappa shape index (κ3) is 31.4. The van der Waals surface area contributed by atoms with Crippen LogP contribution in [0.15, 0.2) is 12.2 Å². The van der Waals surface area contributed by atoms with Crippen LogP contribution in [0, 0.1) is 0 Å². The van der Waals surface area contributed by atoms with Crippen molar-refractivity contribution in [2.45, 2.75) is 288 Å². The van der Waals surface area contributed by atoms with E-state index >= 15 is 0 Å². The zero-order valence-electron chi connectivity index (χ0n) is 38.5. The number of nitrogens with one attached hydrogen (secondary N) is 1. The van der Waals surface area contributed by atoms with Crippen molar-refractivity contribution in [1.29, 1.82) is 0 Å². The zero-order chi connectivity index (χ0) is 43.0. The molecule has 9 nitrogen and oxygen atoms in total. The van der Waals surface area contributed by atoms with Gasteiger partial charge < -0.3 is 40.3 Å². The molecule has 0 aromatic heterocycles. The lowest BCUT2D eigenvalue weighted by Gasteiger charge is -2.40. The van der Waals surface area contributed by atoms with Gasteiger partial charge in [-0.25, -0.2) is 0 Å². The van der Waals surface area contributed by atoms with Gasteiger partial charge in [0.1, 0.15) is 24.4 Å². The molecule has 0 aliphatic carbocycles. The van der Waals surface area contributed by atoms with Gasteiger partial charge in [-0.3, -0.25) is 4.79 Å². The Balaban J connectivity index is 2.22. The zero-order valence-corrected chi connectivity index (χ0v) is 38.5. The number of carbonyl (C=O) groups excluding carboxylic acids is 1. The molecule has 1 rings (SSSR count). The lowest BCUT2D eigenvalue weighted by molar-refractivity contribution is -0.302. The number of hydrogen-bond donors (Lipinski definition) is 6. The highest BCUT2D eigenvalue weighted by molar-refractivity contribution is 5.76. The number of carbonyl (C=O) groups is 1. The van der Waals surface area contributed by atoms with Crippen molar-refractivity contribution < 1.29 is 39.8 Å². The van der Waals surface area contributed by atoms with Crippen molar-refractivity contribution in [2.24, 2.45) is 0 Å². The molecular formula is C50H97NO8. The minimum absolute atomic E-state index is 0.134. The largest absolute Gasteiger partial charge is 0.394 e. The van der Waals surface area contributed by atoms with Gasteiger partial charge in [-0.2, -0.15) is 0 Å². The van der Waals surface area contributed by atoms with Gasteiger partial charge in [-0.15, -0.1) is 0 Å². The number of ether oxygens (including phenoxy) is 2. The molecule has 1 heterocycles. The molecule has 1 saturated heterocycles. The van der Waals surface area contributed by atoms with Gasteiger partial charge in [-0.05, 0) is 38.5 Å². The fourth-order valence-electron chi connectivity index (χ4n) is 8.27. The smallest absolute Gasteiger partial charge is 0.220 e. The van der Waals surface area contributed by atoms with E-state index in [0.29, 0.717) is 12.8 Å². The highest BCUT2D eigenvalue weighted by atomic mass is 16.7. The molecule has 0 aromatic carbocycles. The summed E-state index contributed by atoms with van der Waals surface area (Å²) in [4.78, 5) is 13.0. The highest BCUT2D eigenvalue weighted by Crippen LogP contribution is 2.23. The van der Waals surface area contributed by atoms with Crippen LogP contribution in [-0.2, 0) is 14.3 Å². The van der Waals surface area contributed by atoms with Crippen LogP contribution < -0.4 is 5.32 Å². The van der Waals surface area contributed by atoms with Crippen molar-refractivity contribution in [3.05, 3.63) is 12.2 Å². The number of hydrogen-bond acceptors (Lipinski definition) is 8. The molecule has 0 saturated carbocycles. The molecule has 1 aliphatic heterocycles. The van der Waals surface area contributed by atoms with Gasteiger partial charge >= 0.3 is 0 Å². The van der Waals surface area contributed by atoms with Crippen LogP contribution in [0.3, 0.4) is 0 Å². The Labute approximate surface area is 363 Å². The highest BCUT2D eigenvalue weighted by Gasteiger charge is 2.44. The molecule has 6 N–H and O–H groups in total. The van der Waals surface area contributed by atoms with Crippen LogP contribution in [0.1, 0.15) is 245 Å². The second kappa shape index (κ2) is 41.0. The molecule has 0 radical (unpaired) electrons. The summed E-state index contributed by atoms with van der Waals surface area (Å²) in [7, 11) is 0. The molecule has 1 fully saturated rings. The lowest BCUT2D eigenvalue weighted by Crippen LogP contribution is -2.60. The summed E-state index contributed by atoms with van der Waals surface area (Å²) in [6.07, 6.45) is 40.8. The topological polar surface area (TPSA) is 149 Å². The van der Waals surface area contributed by atoms with Crippen LogP contribution in [0.4, 0.5) is 0 Å². The number of aliphatic hydroxyl groups excluding tert-OH is 5. The summed E-state index contributed by atoms with van der Waals surface area (Å²) in [5, 5.41) is 54.4. The Morgan fingerprint density at radius 3 is 1.37 bits per heavy atom. The average Bonchev–Trinajstić information content (AvgIpc) is 3.23. The number of aliphatic hydroxyl groups is 5. The molecule has 9 heteroatoms. The first kappa shape index (κ1) is 55.9. The summed E-state index contributed by atoms with van der Waals surface area (Å²) in [6.45, 7) is 3.84. The summed E-state index contributed by atoms with van der Waals surface area (Å²) in [6, 6.07) is -0.714. The van der Waals surface area contributed by atoms with Gasteiger partial charge in [0.2, 0.25) is 5.91 Å². The van der Waals surface area contributed by atoms with E-state index in [9.17, 15) is 30.3 Å². The molecule has 350 valence electrons. The summed E-state index contributed by atoms with van der Waals surface area (Å²) in [5.74, 6) is -0.142. The number of amides is 1. The molecule has 0 bridgehead atoms. The monoisotopic (exact) mass is 840 g/mol. The van der Waals surface area contributed by atoms with Gasteiger partial charge in [0.25, 0.3) is 0 Å². The van der Waals surface area contributed by atoms with Crippen LogP contribution in [0.25, 0.3) is 0 Å². The number of allylic oxidation sites excluding steroid dienone is 2. The first-order chi connectivity index (χ1) is 28.8. The SMILES string of the molecule is CCCCCCCC/C=C\CCCCCCCCCCCCCCCC(=O)N[C@@H](CO[C@@H]1O[C@H](CO)[C@@H](O)[C@H](O)[C@H]1O)[C@H](O)CCCCCCCCCCCCCCC. The second-order valence-corrected chi connectivity index (χ2v) is 18.0. The molecule has 1 aliphatic rings. The van der Waals surface area contributed by atoms with Gasteiger partial charge in [0.05, 0.1) is 25.4 Å². The van der Waals surface area contributed by atoms with Crippen LogP contribution >= 0.6 is 0 Å². The van der Waals surface area contributed by atoms with Gasteiger partial charge in [-0.1, -0.05) is 212 Å². The summed E-state index contributed by atoms with van der Waals surface area (Å²) >= 11 is 0. The van der Waals surface area contributed by atoms with Crippen molar-refractivity contribution in [2.75, 3.05) is 13.2 Å². The fraction of sp³-hybridized carbons (Fsp3) is 0.940. The van der Waals surface area contributed by atoms with E-state index in [1.54, 1.807) is 0 Å². The maximum absolute atomic E-state index is 13.0. The van der Waals surface area contributed by atoms with Gasteiger partial charge in [0, 0.05) is 6.42 Å². The van der Waals surface area contributed by atoms with Crippen LogP contribution in [0.5, 0.6) is 0 Å². The van der Waals surface area contributed by atoms with E-state index in [-0.39, 0.29) is 12.5 Å². The Hall–Kier alpha value is -1.07. The third-order valence-corrected chi connectivity index (χ3v) is 12.4. The predicted octanol–water partition coefficient (Wildman–Crippen LogP) is 11.3. The lowest BCUT2D eigenvalue weighted by atomic mass is 9.99. The summed E-state index contributed by atoms with van der Waals surface area (Å²) < 4.78 is 11.3. The standard InChI is InChI=1S/C50H97NO8/c1-3-5-7-9-11-13-15-17-18-19-20-21-22-23-24-25-26-28-30-32-34-36-38-40-46(54)51-43(42-58-50-49(57)48(56)47(55)45(41-52)59-50)44(53)39-37-35-33-31-29-27-16-14-12-10-8-6-4-2/h17-18,43-45,47-50,52-53,55-57H,3-16,19-42H2,1-2H3,(H,51,54)/b18-17-/t43-,44+,45+,47+,48-,49+,50+/m0/s1. The van der Waals surface area contributed by atoms with Gasteiger partial charge in [0.15, 0.2) is 6.29 Å². The normalized spacial score (nSPS) is 20.7. The van der Waals surface area contributed by atoms with E-state index in [1.807, 2.05) is 0 Å². The average molecular weight is 840 g/mol. The van der Waals surface area contributed by atoms with E-state index < -0.39 is 49.5 Å².